The molecule has 0 saturated heterocycles. The molecule has 1 N–H and O–H groups in total. The van der Waals surface area contributed by atoms with E-state index in [-0.39, 0.29) is 0 Å². The van der Waals surface area contributed by atoms with Crippen LogP contribution in [0.3, 0.4) is 0 Å². The van der Waals surface area contributed by atoms with Crippen molar-refractivity contribution in [1.82, 2.24) is 20.2 Å². The van der Waals surface area contributed by atoms with Crippen LogP contribution < -0.4 is 0 Å². The van der Waals surface area contributed by atoms with E-state index in [0.29, 0.717) is 0 Å². The van der Waals surface area contributed by atoms with Gasteiger partial charge in [0.05, 0.1) is 5.69 Å². The maximum atomic E-state index is 4.61. The van der Waals surface area contributed by atoms with Crippen molar-refractivity contribution in [2.45, 2.75) is 26.2 Å². The van der Waals surface area contributed by atoms with Gasteiger partial charge in [-0.15, -0.1) is 11.3 Å². The first-order chi connectivity index (χ1) is 7.33. The van der Waals surface area contributed by atoms with Gasteiger partial charge in [-0.2, -0.15) is 5.10 Å². The smallest absolute Gasteiger partial charge is 0.184 e. The average molecular weight is 220 g/mol. The third kappa shape index (κ3) is 1.56. The largest absolute Gasteiger partial charge is 0.257 e. The second kappa shape index (κ2) is 3.41. The van der Waals surface area contributed by atoms with Crippen molar-refractivity contribution in [2.75, 3.05) is 0 Å². The molecule has 4 nitrogen and oxygen atoms in total. The van der Waals surface area contributed by atoms with Gasteiger partial charge in [0.15, 0.2) is 10.8 Å². The molecule has 0 spiro atoms. The van der Waals surface area contributed by atoms with E-state index in [1.165, 1.54) is 29.7 Å². The predicted molar refractivity (Wildman–Crippen MR) is 58.7 cm³/mol. The third-order valence-corrected chi connectivity index (χ3v) is 3.93. The molecular formula is C10H12N4S. The van der Waals surface area contributed by atoms with Gasteiger partial charge in [0.25, 0.3) is 0 Å². The van der Waals surface area contributed by atoms with Gasteiger partial charge in [-0.25, -0.2) is 9.97 Å². The van der Waals surface area contributed by atoms with E-state index < -0.39 is 0 Å². The average Bonchev–Trinajstić information content (AvgIpc) is 2.84. The normalized spacial score (nSPS) is 20.2. The fraction of sp³-hybridized carbons (Fsp3) is 0.500. The third-order valence-electron chi connectivity index (χ3n) is 2.80. The van der Waals surface area contributed by atoms with Crippen LogP contribution in [0.1, 0.15) is 23.9 Å². The van der Waals surface area contributed by atoms with Gasteiger partial charge in [0.2, 0.25) is 0 Å². The lowest BCUT2D eigenvalue weighted by Gasteiger charge is -2.15. The molecule has 1 aliphatic rings. The lowest BCUT2D eigenvalue weighted by Crippen LogP contribution is -2.09. The van der Waals surface area contributed by atoms with Gasteiger partial charge in [0, 0.05) is 4.88 Å². The van der Waals surface area contributed by atoms with Crippen molar-refractivity contribution in [3.05, 3.63) is 16.9 Å². The summed E-state index contributed by atoms with van der Waals surface area (Å²) in [6, 6.07) is 0. The highest BCUT2D eigenvalue weighted by Crippen LogP contribution is 2.32. The highest BCUT2D eigenvalue weighted by atomic mass is 32.1. The monoisotopic (exact) mass is 220 g/mol. The van der Waals surface area contributed by atoms with Gasteiger partial charge in [-0.3, -0.25) is 5.10 Å². The van der Waals surface area contributed by atoms with E-state index in [1.807, 2.05) is 0 Å². The molecule has 3 rings (SSSR count). The lowest BCUT2D eigenvalue weighted by atomic mass is 9.93. The second-order valence-corrected chi connectivity index (χ2v) is 5.15. The maximum absolute atomic E-state index is 4.61. The molecule has 0 amide bonds. The van der Waals surface area contributed by atoms with Crippen LogP contribution in [0.2, 0.25) is 0 Å². The molecule has 0 saturated carbocycles. The minimum Gasteiger partial charge on any atom is -0.257 e. The molecule has 0 aliphatic heterocycles. The molecule has 15 heavy (non-hydrogen) atoms. The van der Waals surface area contributed by atoms with Crippen LogP contribution in [0.15, 0.2) is 6.33 Å². The summed E-state index contributed by atoms with van der Waals surface area (Å²) in [6.07, 6.45) is 5.06. The molecule has 1 aliphatic carbocycles. The second-order valence-electron chi connectivity index (χ2n) is 4.07. The van der Waals surface area contributed by atoms with Gasteiger partial charge in [-0.1, -0.05) is 6.92 Å². The van der Waals surface area contributed by atoms with Crippen LogP contribution in [-0.2, 0) is 12.8 Å². The van der Waals surface area contributed by atoms with E-state index >= 15 is 0 Å². The Labute approximate surface area is 91.8 Å². The molecule has 78 valence electrons. The molecule has 2 heterocycles. The summed E-state index contributed by atoms with van der Waals surface area (Å²) >= 11 is 1.75. The predicted octanol–water partition coefficient (Wildman–Crippen LogP) is 2.05. The summed E-state index contributed by atoms with van der Waals surface area (Å²) in [6.45, 7) is 2.30. The maximum Gasteiger partial charge on any atom is 0.184 e. The van der Waals surface area contributed by atoms with E-state index in [9.17, 15) is 0 Å². The number of nitrogens with zero attached hydrogens (tertiary/aromatic N) is 3. The van der Waals surface area contributed by atoms with Crippen LogP contribution in [0.4, 0.5) is 0 Å². The quantitative estimate of drug-likeness (QED) is 0.800. The Kier molecular flexibility index (Phi) is 2.05. The lowest BCUT2D eigenvalue weighted by molar-refractivity contribution is 0.502. The molecule has 0 fully saturated rings. The van der Waals surface area contributed by atoms with Crippen molar-refractivity contribution in [2.24, 2.45) is 5.92 Å². The summed E-state index contributed by atoms with van der Waals surface area (Å²) in [5.74, 6) is 1.59. The minimum atomic E-state index is 0.792. The van der Waals surface area contributed by atoms with Crippen molar-refractivity contribution in [3.8, 4) is 10.8 Å². The topological polar surface area (TPSA) is 54.5 Å². The number of nitrogens with one attached hydrogen (secondary N) is 1. The van der Waals surface area contributed by atoms with Crippen molar-refractivity contribution in [1.29, 1.82) is 0 Å². The standard InChI is InChI=1S/C10H12N4S/c1-6-2-3-7-8(4-6)15-10(13-7)9-11-5-12-14-9/h5-6H,2-4H2,1H3,(H,11,12,14). The van der Waals surface area contributed by atoms with Gasteiger partial charge in [-0.05, 0) is 25.2 Å². The summed E-state index contributed by atoms with van der Waals surface area (Å²) in [4.78, 5) is 10.2. The SMILES string of the molecule is CC1CCc2nc(-c3ncn[nH]3)sc2C1. The number of hydrogen-bond donors (Lipinski definition) is 1. The number of H-pyrrole nitrogens is 1. The molecule has 0 aromatic carbocycles. The number of aromatic nitrogens is 4. The van der Waals surface area contributed by atoms with Gasteiger partial charge >= 0.3 is 0 Å². The number of thiazole rings is 1. The Morgan fingerprint density at radius 1 is 1.53 bits per heavy atom. The molecule has 0 bridgehead atoms. The number of aromatic amines is 1. The number of rotatable bonds is 1. The van der Waals surface area contributed by atoms with E-state index in [0.717, 1.165) is 23.2 Å². The van der Waals surface area contributed by atoms with Gasteiger partial charge < -0.3 is 0 Å². The molecule has 1 unspecified atom stereocenters. The summed E-state index contributed by atoms with van der Waals surface area (Å²) in [5, 5.41) is 7.69. The molecular weight excluding hydrogens is 208 g/mol. The fourth-order valence-corrected chi connectivity index (χ4v) is 3.17. The van der Waals surface area contributed by atoms with Crippen LogP contribution in [-0.4, -0.2) is 20.2 Å². The van der Waals surface area contributed by atoms with E-state index in [1.54, 1.807) is 11.3 Å². The Morgan fingerprint density at radius 2 is 2.47 bits per heavy atom. The van der Waals surface area contributed by atoms with E-state index in [2.05, 4.69) is 27.1 Å². The van der Waals surface area contributed by atoms with Crippen LogP contribution in [0, 0.1) is 5.92 Å². The van der Waals surface area contributed by atoms with Crippen molar-refractivity contribution < 1.29 is 0 Å². The van der Waals surface area contributed by atoms with Crippen molar-refractivity contribution >= 4 is 11.3 Å². The fourth-order valence-electron chi connectivity index (χ4n) is 1.95. The first-order valence-electron chi connectivity index (χ1n) is 5.17. The number of aryl methyl sites for hydroxylation is 1. The number of fused-ring (bicyclic) bond motifs is 1. The van der Waals surface area contributed by atoms with Crippen molar-refractivity contribution in [3.63, 3.8) is 0 Å². The highest BCUT2D eigenvalue weighted by molar-refractivity contribution is 7.15. The molecule has 0 radical (unpaired) electrons. The highest BCUT2D eigenvalue weighted by Gasteiger charge is 2.20. The van der Waals surface area contributed by atoms with E-state index in [4.69, 9.17) is 0 Å². The van der Waals surface area contributed by atoms with Crippen LogP contribution in [0.25, 0.3) is 10.8 Å². The number of hydrogen-bond acceptors (Lipinski definition) is 4. The zero-order chi connectivity index (χ0) is 10.3. The minimum absolute atomic E-state index is 0.792. The van der Waals surface area contributed by atoms with Gasteiger partial charge in [0.1, 0.15) is 6.33 Å². The zero-order valence-electron chi connectivity index (χ0n) is 8.53. The Hall–Kier alpha value is -1.23. The first kappa shape index (κ1) is 9.03. The molecule has 5 heteroatoms. The molecule has 1 atom stereocenters. The molecule has 2 aromatic rings. The first-order valence-corrected chi connectivity index (χ1v) is 5.99. The summed E-state index contributed by atoms with van der Waals surface area (Å²) in [7, 11) is 0. The Morgan fingerprint density at radius 3 is 3.27 bits per heavy atom. The molecule has 2 aromatic heterocycles. The van der Waals surface area contributed by atoms with Crippen LogP contribution in [0.5, 0.6) is 0 Å². The Balaban J connectivity index is 2.00. The summed E-state index contributed by atoms with van der Waals surface area (Å²) in [5.41, 5.74) is 1.27. The summed E-state index contributed by atoms with van der Waals surface area (Å²) < 4.78 is 0. The van der Waals surface area contributed by atoms with Crippen LogP contribution >= 0.6 is 11.3 Å². The Bertz CT molecular complexity index is 460. The zero-order valence-corrected chi connectivity index (χ0v) is 9.34.